The van der Waals surface area contributed by atoms with Crippen molar-refractivity contribution in [3.8, 4) is 0 Å². The van der Waals surface area contributed by atoms with Crippen LogP contribution in [0.15, 0.2) is 30.3 Å². The van der Waals surface area contributed by atoms with E-state index in [1.165, 1.54) is 0 Å². The van der Waals surface area contributed by atoms with Crippen LogP contribution in [0, 0.1) is 0 Å². The molecule has 14 heavy (non-hydrogen) atoms. The maximum absolute atomic E-state index is 10.7. The third-order valence-electron chi connectivity index (χ3n) is 1.66. The van der Waals surface area contributed by atoms with Crippen LogP contribution in [0.2, 0.25) is 0 Å². The standard InChI is InChI=1S/C9H10N2O3/c10-9(14)11-7(8(12)13)6-4-2-1-3-5-6/h1-5,7H,(H,12,13)(H3,10,11,14)/p-1/t7-/m1/s1. The zero-order valence-electron chi connectivity index (χ0n) is 7.27. The van der Waals surface area contributed by atoms with Crippen LogP contribution in [-0.4, -0.2) is 12.0 Å². The molecule has 3 N–H and O–H groups in total. The highest BCUT2D eigenvalue weighted by Gasteiger charge is 2.12. The number of carboxylic acid groups (broad SMARTS) is 1. The van der Waals surface area contributed by atoms with Gasteiger partial charge in [0.05, 0.1) is 12.0 Å². The second-order valence-corrected chi connectivity index (χ2v) is 2.67. The van der Waals surface area contributed by atoms with Gasteiger partial charge in [-0.05, 0) is 5.56 Å². The Hall–Kier alpha value is -2.04. The molecule has 0 radical (unpaired) electrons. The Morgan fingerprint density at radius 1 is 1.29 bits per heavy atom. The summed E-state index contributed by atoms with van der Waals surface area (Å²) in [6.45, 7) is 0. The fraction of sp³-hybridized carbons (Fsp3) is 0.111. The minimum atomic E-state index is -1.39. The normalized spacial score (nSPS) is 11.7. The molecule has 5 nitrogen and oxygen atoms in total. The number of hydrogen-bond acceptors (Lipinski definition) is 3. The molecule has 0 aliphatic carbocycles. The van der Waals surface area contributed by atoms with Gasteiger partial charge < -0.3 is 21.0 Å². The minimum Gasteiger partial charge on any atom is -0.548 e. The Balaban J connectivity index is 2.89. The molecular formula is C9H9N2O3-. The number of nitrogens with one attached hydrogen (secondary N) is 1. The van der Waals surface area contributed by atoms with Crippen molar-refractivity contribution >= 4 is 12.0 Å². The van der Waals surface area contributed by atoms with Gasteiger partial charge in [0.25, 0.3) is 0 Å². The van der Waals surface area contributed by atoms with E-state index in [0.29, 0.717) is 5.56 Å². The van der Waals surface area contributed by atoms with Gasteiger partial charge in [0, 0.05) is 0 Å². The molecule has 0 saturated carbocycles. The van der Waals surface area contributed by atoms with E-state index in [1.54, 1.807) is 30.3 Å². The van der Waals surface area contributed by atoms with Crippen LogP contribution in [0.4, 0.5) is 4.79 Å². The monoisotopic (exact) mass is 193 g/mol. The minimum absolute atomic E-state index is 0.423. The first-order chi connectivity index (χ1) is 6.61. The maximum atomic E-state index is 10.7. The van der Waals surface area contributed by atoms with Crippen LogP contribution in [-0.2, 0) is 4.79 Å². The summed E-state index contributed by atoms with van der Waals surface area (Å²) in [6, 6.07) is 6.09. The number of amides is 2. The maximum Gasteiger partial charge on any atom is 0.312 e. The highest BCUT2D eigenvalue weighted by Crippen LogP contribution is 2.10. The number of benzene rings is 1. The zero-order valence-corrected chi connectivity index (χ0v) is 7.27. The number of urea groups is 1. The zero-order chi connectivity index (χ0) is 10.6. The SMILES string of the molecule is NC(=O)N[C@@H](C(=O)[O-])c1ccccc1. The summed E-state index contributed by atoms with van der Waals surface area (Å²) < 4.78 is 0. The van der Waals surface area contributed by atoms with E-state index >= 15 is 0 Å². The summed E-state index contributed by atoms with van der Waals surface area (Å²) in [5.41, 5.74) is 5.25. The van der Waals surface area contributed by atoms with Gasteiger partial charge in [0.2, 0.25) is 0 Å². The molecule has 74 valence electrons. The third kappa shape index (κ3) is 2.48. The number of primary amides is 1. The van der Waals surface area contributed by atoms with E-state index in [0.717, 1.165) is 0 Å². The predicted molar refractivity (Wildman–Crippen MR) is 46.9 cm³/mol. The molecule has 0 heterocycles. The largest absolute Gasteiger partial charge is 0.548 e. The molecule has 0 spiro atoms. The molecule has 1 aromatic carbocycles. The summed E-state index contributed by atoms with van der Waals surface area (Å²) in [4.78, 5) is 21.2. The summed E-state index contributed by atoms with van der Waals surface area (Å²) in [5, 5.41) is 12.7. The molecule has 2 amide bonds. The molecule has 0 fully saturated rings. The average Bonchev–Trinajstić information content (AvgIpc) is 2.15. The first-order valence-electron chi connectivity index (χ1n) is 3.93. The number of carbonyl (C=O) groups excluding carboxylic acids is 2. The molecule has 0 aromatic heterocycles. The molecule has 0 unspecified atom stereocenters. The predicted octanol–water partition coefficient (Wildman–Crippen LogP) is -0.854. The fourth-order valence-electron chi connectivity index (χ4n) is 1.07. The summed E-state index contributed by atoms with van der Waals surface area (Å²) in [6.07, 6.45) is 0. The van der Waals surface area contributed by atoms with E-state index < -0.39 is 18.0 Å². The summed E-state index contributed by atoms with van der Waals surface area (Å²) in [5.74, 6) is -1.39. The van der Waals surface area contributed by atoms with Gasteiger partial charge in [-0.2, -0.15) is 0 Å². The van der Waals surface area contributed by atoms with Crippen molar-refractivity contribution in [2.45, 2.75) is 6.04 Å². The van der Waals surface area contributed by atoms with Crippen LogP contribution in [0.25, 0.3) is 0 Å². The van der Waals surface area contributed by atoms with E-state index in [9.17, 15) is 14.7 Å². The number of aliphatic carboxylic acids is 1. The third-order valence-corrected chi connectivity index (χ3v) is 1.66. The topological polar surface area (TPSA) is 95.2 Å². The Bertz CT molecular complexity index is 337. The van der Waals surface area contributed by atoms with Gasteiger partial charge in [-0.1, -0.05) is 30.3 Å². The molecule has 0 saturated heterocycles. The molecule has 1 atom stereocenters. The van der Waals surface area contributed by atoms with Gasteiger partial charge in [-0.25, -0.2) is 4.79 Å². The van der Waals surface area contributed by atoms with Crippen molar-refractivity contribution in [2.75, 3.05) is 0 Å². The number of rotatable bonds is 3. The Morgan fingerprint density at radius 2 is 1.86 bits per heavy atom. The number of carbonyl (C=O) groups is 2. The summed E-state index contributed by atoms with van der Waals surface area (Å²) in [7, 11) is 0. The van der Waals surface area contributed by atoms with E-state index in [1.807, 2.05) is 0 Å². The van der Waals surface area contributed by atoms with E-state index in [2.05, 4.69) is 5.32 Å². The quantitative estimate of drug-likeness (QED) is 0.654. The van der Waals surface area contributed by atoms with Gasteiger partial charge in [0.15, 0.2) is 0 Å². The average molecular weight is 193 g/mol. The second kappa shape index (κ2) is 4.27. The first kappa shape index (κ1) is 10.0. The molecule has 0 aliphatic heterocycles. The lowest BCUT2D eigenvalue weighted by Crippen LogP contribution is -2.43. The van der Waals surface area contributed by atoms with Gasteiger partial charge in [-0.3, -0.25) is 0 Å². The van der Waals surface area contributed by atoms with Crippen LogP contribution in [0.5, 0.6) is 0 Å². The Labute approximate surface area is 80.5 Å². The van der Waals surface area contributed by atoms with Crippen molar-refractivity contribution in [2.24, 2.45) is 5.73 Å². The van der Waals surface area contributed by atoms with Crippen molar-refractivity contribution in [3.63, 3.8) is 0 Å². The molecule has 0 aliphatic rings. The van der Waals surface area contributed by atoms with Gasteiger partial charge in [-0.15, -0.1) is 0 Å². The lowest BCUT2D eigenvalue weighted by Gasteiger charge is -2.18. The molecule has 1 aromatic rings. The van der Waals surface area contributed by atoms with Crippen molar-refractivity contribution in [1.29, 1.82) is 0 Å². The van der Waals surface area contributed by atoms with E-state index in [-0.39, 0.29) is 0 Å². The highest BCUT2D eigenvalue weighted by molar-refractivity contribution is 5.81. The fourth-order valence-corrected chi connectivity index (χ4v) is 1.07. The Morgan fingerprint density at radius 3 is 2.29 bits per heavy atom. The summed E-state index contributed by atoms with van der Waals surface area (Å²) >= 11 is 0. The number of nitrogens with two attached hydrogens (primary N) is 1. The number of carboxylic acids is 1. The number of hydrogen-bond donors (Lipinski definition) is 2. The molecular weight excluding hydrogens is 184 g/mol. The van der Waals surface area contributed by atoms with Crippen molar-refractivity contribution < 1.29 is 14.7 Å². The van der Waals surface area contributed by atoms with Crippen molar-refractivity contribution in [3.05, 3.63) is 35.9 Å². The molecule has 5 heteroatoms. The van der Waals surface area contributed by atoms with Crippen molar-refractivity contribution in [1.82, 2.24) is 5.32 Å². The van der Waals surface area contributed by atoms with Crippen LogP contribution in [0.3, 0.4) is 0 Å². The molecule has 0 bridgehead atoms. The second-order valence-electron chi connectivity index (χ2n) is 2.67. The molecule has 1 rings (SSSR count). The lowest BCUT2D eigenvalue weighted by molar-refractivity contribution is -0.308. The van der Waals surface area contributed by atoms with Crippen LogP contribution in [0.1, 0.15) is 11.6 Å². The smallest absolute Gasteiger partial charge is 0.312 e. The Kier molecular flexibility index (Phi) is 3.06. The van der Waals surface area contributed by atoms with Crippen LogP contribution < -0.4 is 16.2 Å². The first-order valence-corrected chi connectivity index (χ1v) is 3.93. The lowest BCUT2D eigenvalue weighted by atomic mass is 10.1. The van der Waals surface area contributed by atoms with Gasteiger partial charge >= 0.3 is 6.03 Å². The van der Waals surface area contributed by atoms with Crippen LogP contribution >= 0.6 is 0 Å². The van der Waals surface area contributed by atoms with Gasteiger partial charge in [0.1, 0.15) is 0 Å². The highest BCUT2D eigenvalue weighted by atomic mass is 16.4. The van der Waals surface area contributed by atoms with E-state index in [4.69, 9.17) is 5.73 Å².